The van der Waals surface area contributed by atoms with E-state index in [1.807, 2.05) is 0 Å². The van der Waals surface area contributed by atoms with Gasteiger partial charge in [0.1, 0.15) is 11.5 Å². The van der Waals surface area contributed by atoms with Gasteiger partial charge in [0, 0.05) is 0 Å². The molecule has 1 aliphatic rings. The van der Waals surface area contributed by atoms with Crippen LogP contribution in [0, 0.1) is 16.5 Å². The third kappa shape index (κ3) is 1.73. The Morgan fingerprint density at radius 3 is 2.53 bits per heavy atom. The molecule has 0 bridgehead atoms. The van der Waals surface area contributed by atoms with Crippen LogP contribution in [0.5, 0.6) is 0 Å². The normalized spacial score (nSPS) is 16.9. The van der Waals surface area contributed by atoms with Gasteiger partial charge in [-0.25, -0.2) is 8.78 Å². The van der Waals surface area contributed by atoms with E-state index in [-0.39, 0.29) is 13.2 Å². The highest BCUT2D eigenvalue weighted by atomic mass is 19.1. The van der Waals surface area contributed by atoms with Gasteiger partial charge in [-0.2, -0.15) is 0 Å². The minimum Gasteiger partial charge on any atom is -0.346 e. The summed E-state index contributed by atoms with van der Waals surface area (Å²) >= 11 is 0. The Kier molecular flexibility index (Phi) is 2.70. The number of rotatable bonds is 2. The molecule has 80 valence electrons. The van der Waals surface area contributed by atoms with E-state index in [0.717, 1.165) is 12.1 Å². The van der Waals surface area contributed by atoms with E-state index in [2.05, 4.69) is 5.18 Å². The lowest BCUT2D eigenvalue weighted by molar-refractivity contribution is -0.0488. The average Bonchev–Trinajstić information content (AvgIpc) is 2.71. The van der Waals surface area contributed by atoms with E-state index < -0.39 is 29.2 Å². The van der Waals surface area contributed by atoms with Crippen LogP contribution in [-0.4, -0.2) is 13.2 Å². The molecule has 1 aromatic carbocycles. The van der Waals surface area contributed by atoms with Gasteiger partial charge >= 0.3 is 0 Å². The van der Waals surface area contributed by atoms with Crippen LogP contribution in [0.15, 0.2) is 17.3 Å². The molecule has 4 nitrogen and oxygen atoms in total. The molecule has 1 aromatic rings. The van der Waals surface area contributed by atoms with Crippen LogP contribution in [0.2, 0.25) is 0 Å². The van der Waals surface area contributed by atoms with Crippen LogP contribution in [0.1, 0.15) is 11.9 Å². The molecule has 0 radical (unpaired) electrons. The highest BCUT2D eigenvalue weighted by Gasteiger charge is 2.27. The first-order valence-electron chi connectivity index (χ1n) is 4.28. The van der Waals surface area contributed by atoms with Crippen molar-refractivity contribution in [1.29, 1.82) is 0 Å². The lowest BCUT2D eigenvalue weighted by atomic mass is 10.1. The van der Waals surface area contributed by atoms with Crippen LogP contribution >= 0.6 is 0 Å². The molecule has 1 aliphatic heterocycles. The number of halogens is 2. The zero-order valence-electron chi connectivity index (χ0n) is 7.57. The van der Waals surface area contributed by atoms with E-state index in [9.17, 15) is 13.7 Å². The molecule has 0 spiro atoms. The molecule has 0 amide bonds. The molecule has 6 heteroatoms. The molecule has 1 heterocycles. The molecule has 0 aromatic heterocycles. The lowest BCUT2D eigenvalue weighted by Crippen LogP contribution is -2.05. The lowest BCUT2D eigenvalue weighted by Gasteiger charge is -2.11. The van der Waals surface area contributed by atoms with Gasteiger partial charge in [0.15, 0.2) is 12.1 Å². The largest absolute Gasteiger partial charge is 0.346 e. The van der Waals surface area contributed by atoms with Gasteiger partial charge < -0.3 is 9.47 Å². The second-order valence-corrected chi connectivity index (χ2v) is 2.96. The maximum absolute atomic E-state index is 13.5. The van der Waals surface area contributed by atoms with Crippen LogP contribution in [-0.2, 0) is 9.47 Å². The Bertz CT molecular complexity index is 391. The molecule has 15 heavy (non-hydrogen) atoms. The van der Waals surface area contributed by atoms with Crippen LogP contribution in [0.25, 0.3) is 0 Å². The van der Waals surface area contributed by atoms with Gasteiger partial charge in [-0.3, -0.25) is 0 Å². The summed E-state index contributed by atoms with van der Waals surface area (Å²) in [6.45, 7) is 0.532. The van der Waals surface area contributed by atoms with Gasteiger partial charge in [0.2, 0.25) is 0 Å². The predicted octanol–water partition coefficient (Wildman–Crippen LogP) is 2.41. The molecule has 1 fully saturated rings. The maximum atomic E-state index is 13.5. The number of hydrogen-bond donors (Lipinski definition) is 0. The molecule has 1 saturated heterocycles. The molecule has 0 atom stereocenters. The van der Waals surface area contributed by atoms with Crippen molar-refractivity contribution in [2.24, 2.45) is 5.18 Å². The number of nitroso groups, excluding NO2 is 1. The van der Waals surface area contributed by atoms with Crippen molar-refractivity contribution < 1.29 is 18.3 Å². The van der Waals surface area contributed by atoms with Crippen molar-refractivity contribution in [3.05, 3.63) is 34.2 Å². The van der Waals surface area contributed by atoms with Crippen molar-refractivity contribution in [3.63, 3.8) is 0 Å². The Balaban J connectivity index is 2.47. The summed E-state index contributed by atoms with van der Waals surface area (Å²) in [6, 6.07) is 1.93. The molecular weight excluding hydrogens is 208 g/mol. The fourth-order valence-electron chi connectivity index (χ4n) is 1.37. The third-order valence-electron chi connectivity index (χ3n) is 2.06. The number of benzene rings is 1. The highest BCUT2D eigenvalue weighted by Crippen LogP contribution is 2.32. The van der Waals surface area contributed by atoms with E-state index in [1.165, 1.54) is 0 Å². The van der Waals surface area contributed by atoms with E-state index in [1.54, 1.807) is 0 Å². The minimum absolute atomic E-state index is 0.266. The van der Waals surface area contributed by atoms with E-state index in [4.69, 9.17) is 9.47 Å². The first-order chi connectivity index (χ1) is 7.24. The summed E-state index contributed by atoms with van der Waals surface area (Å²) < 4.78 is 36.7. The van der Waals surface area contributed by atoms with Crippen molar-refractivity contribution in [2.45, 2.75) is 6.29 Å². The third-order valence-corrected chi connectivity index (χ3v) is 2.06. The Morgan fingerprint density at radius 2 is 1.93 bits per heavy atom. The number of hydrogen-bond acceptors (Lipinski definition) is 4. The molecule has 0 unspecified atom stereocenters. The van der Waals surface area contributed by atoms with E-state index in [0.29, 0.717) is 0 Å². The predicted molar refractivity (Wildman–Crippen MR) is 46.5 cm³/mol. The second kappa shape index (κ2) is 4.00. The SMILES string of the molecule is O=Nc1ccc(F)c(C2OCCO2)c1F. The average molecular weight is 215 g/mol. The summed E-state index contributed by atoms with van der Waals surface area (Å²) in [6.07, 6.45) is -1.09. The van der Waals surface area contributed by atoms with Crippen molar-refractivity contribution in [3.8, 4) is 0 Å². The molecule has 0 saturated carbocycles. The van der Waals surface area contributed by atoms with Crippen molar-refractivity contribution in [2.75, 3.05) is 13.2 Å². The summed E-state index contributed by atoms with van der Waals surface area (Å²) in [7, 11) is 0. The standard InChI is InChI=1S/C9H7F2NO3/c10-5-1-2-6(12-13)8(11)7(5)9-14-3-4-15-9/h1-2,9H,3-4H2. The van der Waals surface area contributed by atoms with Gasteiger partial charge in [-0.15, -0.1) is 4.91 Å². The molecule has 0 aliphatic carbocycles. The van der Waals surface area contributed by atoms with Crippen molar-refractivity contribution >= 4 is 5.69 Å². The van der Waals surface area contributed by atoms with Crippen LogP contribution < -0.4 is 0 Å². The zero-order valence-corrected chi connectivity index (χ0v) is 7.57. The van der Waals surface area contributed by atoms with Crippen LogP contribution in [0.4, 0.5) is 14.5 Å². The smallest absolute Gasteiger partial charge is 0.189 e. The fraction of sp³-hybridized carbons (Fsp3) is 0.333. The monoisotopic (exact) mass is 215 g/mol. The summed E-state index contributed by atoms with van der Waals surface area (Å²) in [4.78, 5) is 10.2. The molecular formula is C9H7F2NO3. The Hall–Kier alpha value is -1.40. The number of nitrogens with zero attached hydrogens (tertiary/aromatic N) is 1. The summed E-state index contributed by atoms with van der Waals surface area (Å²) in [5.74, 6) is -1.84. The quantitative estimate of drug-likeness (QED) is 0.711. The van der Waals surface area contributed by atoms with Gasteiger partial charge in [0.25, 0.3) is 0 Å². The van der Waals surface area contributed by atoms with Crippen molar-refractivity contribution in [1.82, 2.24) is 0 Å². The Labute approximate surface area is 83.8 Å². The zero-order chi connectivity index (χ0) is 10.8. The molecule has 2 rings (SSSR count). The molecule has 0 N–H and O–H groups in total. The van der Waals surface area contributed by atoms with Crippen LogP contribution in [0.3, 0.4) is 0 Å². The van der Waals surface area contributed by atoms with Gasteiger partial charge in [-0.05, 0) is 17.3 Å². The summed E-state index contributed by atoms with van der Waals surface area (Å²) in [5, 5.41) is 2.44. The summed E-state index contributed by atoms with van der Waals surface area (Å²) in [5.41, 5.74) is -0.852. The highest BCUT2D eigenvalue weighted by molar-refractivity contribution is 5.43. The first kappa shape index (κ1) is 10.1. The fourth-order valence-corrected chi connectivity index (χ4v) is 1.37. The number of ether oxygens (including phenoxy) is 2. The van der Waals surface area contributed by atoms with Gasteiger partial charge in [0.05, 0.1) is 18.8 Å². The topological polar surface area (TPSA) is 47.9 Å². The minimum atomic E-state index is -1.09. The van der Waals surface area contributed by atoms with E-state index >= 15 is 0 Å². The second-order valence-electron chi connectivity index (χ2n) is 2.96. The van der Waals surface area contributed by atoms with Gasteiger partial charge in [-0.1, -0.05) is 0 Å². The maximum Gasteiger partial charge on any atom is 0.189 e. The Morgan fingerprint density at radius 1 is 1.27 bits per heavy atom. The first-order valence-corrected chi connectivity index (χ1v) is 4.28.